The Balaban J connectivity index is 1.75. The van der Waals surface area contributed by atoms with Crippen molar-refractivity contribution in [2.24, 2.45) is 0 Å². The lowest BCUT2D eigenvalue weighted by molar-refractivity contribution is -0.131. The summed E-state index contributed by atoms with van der Waals surface area (Å²) in [6.45, 7) is 0.883. The van der Waals surface area contributed by atoms with Crippen LogP contribution in [0.15, 0.2) is 22.8 Å². The molecule has 16 heavy (non-hydrogen) atoms. The lowest BCUT2D eigenvalue weighted by atomic mass is 9.98. The first kappa shape index (κ1) is 11.3. The summed E-state index contributed by atoms with van der Waals surface area (Å²) >= 11 is 0. The number of hydrogen-bond acceptors (Lipinski definition) is 3. The van der Waals surface area contributed by atoms with E-state index in [1.165, 1.54) is 4.81 Å². The molecular weight excluding hydrogens is 205 g/mol. The van der Waals surface area contributed by atoms with Gasteiger partial charge in [-0.2, -0.15) is 0 Å². The van der Waals surface area contributed by atoms with Crippen molar-refractivity contribution >= 4 is 13.9 Å². The van der Waals surface area contributed by atoms with E-state index in [0.29, 0.717) is 19.6 Å². The minimum absolute atomic E-state index is 0.00199. The van der Waals surface area contributed by atoms with Gasteiger partial charge in [0.25, 0.3) is 0 Å². The van der Waals surface area contributed by atoms with Crippen molar-refractivity contribution in [3.05, 3.63) is 24.2 Å². The molecule has 0 N–H and O–H groups in total. The Morgan fingerprint density at radius 2 is 2.50 bits per heavy atom. The van der Waals surface area contributed by atoms with E-state index >= 15 is 0 Å². The number of piperidine rings is 1. The maximum Gasteiger partial charge on any atom is 0.230 e. The van der Waals surface area contributed by atoms with Crippen LogP contribution in [-0.2, 0) is 16.1 Å². The van der Waals surface area contributed by atoms with E-state index in [-0.39, 0.29) is 11.9 Å². The van der Waals surface area contributed by atoms with Crippen LogP contribution in [-0.4, -0.2) is 31.3 Å². The number of rotatable bonds is 4. The van der Waals surface area contributed by atoms with Crippen molar-refractivity contribution in [3.8, 4) is 0 Å². The maximum absolute atomic E-state index is 11.3. The highest BCUT2D eigenvalue weighted by atomic mass is 16.5. The van der Waals surface area contributed by atoms with Gasteiger partial charge in [-0.1, -0.05) is 0 Å². The zero-order chi connectivity index (χ0) is 11.4. The Kier molecular flexibility index (Phi) is 3.67. The van der Waals surface area contributed by atoms with Gasteiger partial charge < -0.3 is 14.0 Å². The van der Waals surface area contributed by atoms with Gasteiger partial charge in [-0.15, -0.1) is 0 Å². The number of carbonyl (C=O) groups excluding carboxylic acids is 1. The van der Waals surface area contributed by atoms with E-state index in [1.54, 1.807) is 6.26 Å². The van der Waals surface area contributed by atoms with Crippen molar-refractivity contribution in [2.45, 2.75) is 31.9 Å². The van der Waals surface area contributed by atoms with Crippen LogP contribution in [0.4, 0.5) is 0 Å². The quantitative estimate of drug-likeness (QED) is 0.716. The number of furan rings is 1. The van der Waals surface area contributed by atoms with Gasteiger partial charge in [0.2, 0.25) is 13.9 Å². The fourth-order valence-corrected chi connectivity index (χ4v) is 1.81. The van der Waals surface area contributed by atoms with E-state index in [1.807, 2.05) is 12.1 Å². The molecule has 0 saturated carbocycles. The molecule has 4 nitrogen and oxygen atoms in total. The van der Waals surface area contributed by atoms with Gasteiger partial charge in [-0.3, -0.25) is 4.79 Å². The third-order valence-electron chi connectivity index (χ3n) is 2.74. The molecule has 1 aromatic heterocycles. The molecule has 1 amide bonds. The number of ether oxygens (including phenoxy) is 1. The third kappa shape index (κ3) is 2.67. The SMILES string of the molecule is [B]N1C(=O)CCCC1COCc1ccco1. The zero-order valence-electron chi connectivity index (χ0n) is 9.09. The third-order valence-corrected chi connectivity index (χ3v) is 2.74. The minimum Gasteiger partial charge on any atom is -0.467 e. The van der Waals surface area contributed by atoms with E-state index in [2.05, 4.69) is 0 Å². The predicted octanol–water partition coefficient (Wildman–Crippen LogP) is 1.26. The first-order valence-corrected chi connectivity index (χ1v) is 5.44. The second kappa shape index (κ2) is 5.21. The summed E-state index contributed by atoms with van der Waals surface area (Å²) in [6, 6.07) is 3.67. The van der Waals surface area contributed by atoms with Gasteiger partial charge in [0.15, 0.2) is 0 Å². The van der Waals surface area contributed by atoms with Gasteiger partial charge >= 0.3 is 0 Å². The van der Waals surface area contributed by atoms with Crippen LogP contribution in [0.5, 0.6) is 0 Å². The first-order chi connectivity index (χ1) is 7.77. The van der Waals surface area contributed by atoms with Crippen molar-refractivity contribution in [2.75, 3.05) is 6.61 Å². The van der Waals surface area contributed by atoms with Crippen molar-refractivity contribution in [1.82, 2.24) is 4.81 Å². The summed E-state index contributed by atoms with van der Waals surface area (Å²) in [4.78, 5) is 12.6. The van der Waals surface area contributed by atoms with Crippen LogP contribution >= 0.6 is 0 Å². The molecule has 1 fully saturated rings. The second-order valence-corrected chi connectivity index (χ2v) is 3.94. The van der Waals surface area contributed by atoms with Crippen LogP contribution in [0.3, 0.4) is 0 Å². The number of nitrogens with zero attached hydrogens (tertiary/aromatic N) is 1. The monoisotopic (exact) mass is 219 g/mol. The van der Waals surface area contributed by atoms with Crippen LogP contribution < -0.4 is 0 Å². The molecule has 1 aliphatic rings. The van der Waals surface area contributed by atoms with Crippen LogP contribution in [0, 0.1) is 0 Å². The standard InChI is InChI=1S/C11H14BNO3/c12-13-9(3-1-5-11(13)14)7-15-8-10-4-2-6-16-10/h2,4,6,9H,1,3,5,7-8H2. The highest BCUT2D eigenvalue weighted by molar-refractivity contribution is 6.14. The Hall–Kier alpha value is -1.23. The lowest BCUT2D eigenvalue weighted by Gasteiger charge is -2.32. The minimum atomic E-state index is -0.00351. The molecule has 2 radical (unpaired) electrons. The second-order valence-electron chi connectivity index (χ2n) is 3.94. The van der Waals surface area contributed by atoms with Gasteiger partial charge in [0, 0.05) is 12.5 Å². The van der Waals surface area contributed by atoms with E-state index in [0.717, 1.165) is 18.6 Å². The van der Waals surface area contributed by atoms with E-state index < -0.39 is 0 Å². The maximum atomic E-state index is 11.3. The number of hydrogen-bond donors (Lipinski definition) is 0. The van der Waals surface area contributed by atoms with Crippen molar-refractivity contribution in [3.63, 3.8) is 0 Å². The Labute approximate surface area is 96.0 Å². The molecule has 84 valence electrons. The first-order valence-electron chi connectivity index (χ1n) is 5.44. The predicted molar refractivity (Wildman–Crippen MR) is 58.6 cm³/mol. The molecule has 1 aliphatic heterocycles. The summed E-state index contributed by atoms with van der Waals surface area (Å²) < 4.78 is 10.6. The fraction of sp³-hybridized carbons (Fsp3) is 0.545. The van der Waals surface area contributed by atoms with Crippen LogP contribution in [0.25, 0.3) is 0 Å². The molecule has 0 aliphatic carbocycles. The Bertz CT molecular complexity index is 339. The molecule has 0 bridgehead atoms. The fourth-order valence-electron chi connectivity index (χ4n) is 1.81. The highest BCUT2D eigenvalue weighted by Gasteiger charge is 2.23. The summed E-state index contributed by atoms with van der Waals surface area (Å²) in [5.41, 5.74) is 0. The smallest absolute Gasteiger partial charge is 0.230 e. The zero-order valence-corrected chi connectivity index (χ0v) is 9.09. The van der Waals surface area contributed by atoms with Gasteiger partial charge in [-0.25, -0.2) is 0 Å². The van der Waals surface area contributed by atoms with Gasteiger partial charge in [0.1, 0.15) is 12.4 Å². The molecule has 1 unspecified atom stereocenters. The van der Waals surface area contributed by atoms with E-state index in [9.17, 15) is 4.79 Å². The number of amides is 1. The molecule has 1 saturated heterocycles. The van der Waals surface area contributed by atoms with Crippen molar-refractivity contribution < 1.29 is 13.9 Å². The molecule has 0 aromatic carbocycles. The van der Waals surface area contributed by atoms with Crippen molar-refractivity contribution in [1.29, 1.82) is 0 Å². The average Bonchev–Trinajstić information content (AvgIpc) is 2.77. The summed E-state index contributed by atoms with van der Waals surface area (Å²) in [6.07, 6.45) is 3.95. The van der Waals surface area contributed by atoms with Crippen LogP contribution in [0.2, 0.25) is 0 Å². The van der Waals surface area contributed by atoms with Gasteiger partial charge in [0.05, 0.1) is 12.9 Å². The molecule has 1 aromatic rings. The largest absolute Gasteiger partial charge is 0.467 e. The normalized spacial score (nSPS) is 21.4. The van der Waals surface area contributed by atoms with Crippen LogP contribution in [0.1, 0.15) is 25.0 Å². The molecule has 0 spiro atoms. The molecule has 2 heterocycles. The molecular formula is C11H14BNO3. The summed E-state index contributed by atoms with van der Waals surface area (Å²) in [5.74, 6) is 0.781. The molecule has 2 rings (SSSR count). The Morgan fingerprint density at radius 1 is 1.62 bits per heavy atom. The average molecular weight is 219 g/mol. The summed E-state index contributed by atoms with van der Waals surface area (Å²) in [5, 5.41) is 0. The highest BCUT2D eigenvalue weighted by Crippen LogP contribution is 2.16. The van der Waals surface area contributed by atoms with E-state index in [4.69, 9.17) is 17.1 Å². The van der Waals surface area contributed by atoms with Gasteiger partial charge in [-0.05, 0) is 25.0 Å². The lowest BCUT2D eigenvalue weighted by Crippen LogP contribution is -2.44. The topological polar surface area (TPSA) is 42.7 Å². The number of carbonyl (C=O) groups is 1. The molecule has 5 heteroatoms. The Morgan fingerprint density at radius 3 is 3.25 bits per heavy atom. The summed E-state index contributed by atoms with van der Waals surface area (Å²) in [7, 11) is 5.66. The molecule has 1 atom stereocenters.